The number of likely N-dealkylation sites (N-methyl/N-ethyl adjacent to an activating group) is 1. The molecule has 1 unspecified atom stereocenters. The zero-order valence-electron chi connectivity index (χ0n) is 13.8. The van der Waals surface area contributed by atoms with E-state index in [2.05, 4.69) is 49.9 Å². The molecule has 1 atom stereocenters. The lowest BCUT2D eigenvalue weighted by Crippen LogP contribution is -2.52. The molecule has 0 bridgehead atoms. The summed E-state index contributed by atoms with van der Waals surface area (Å²) < 4.78 is 0. The van der Waals surface area contributed by atoms with Gasteiger partial charge in [0.1, 0.15) is 0 Å². The van der Waals surface area contributed by atoms with E-state index in [0.717, 1.165) is 17.9 Å². The predicted octanol–water partition coefficient (Wildman–Crippen LogP) is 2.28. The van der Waals surface area contributed by atoms with Crippen LogP contribution in [0.1, 0.15) is 40.5 Å². The van der Waals surface area contributed by atoms with Crippen molar-refractivity contribution in [1.82, 2.24) is 15.1 Å². The Morgan fingerprint density at radius 2 is 1.68 bits per heavy atom. The summed E-state index contributed by atoms with van der Waals surface area (Å²) in [5.41, 5.74) is 0. The predicted molar refractivity (Wildman–Crippen MR) is 84.6 cm³/mol. The van der Waals surface area contributed by atoms with Gasteiger partial charge in [-0.25, -0.2) is 0 Å². The van der Waals surface area contributed by atoms with Crippen LogP contribution in [0.2, 0.25) is 0 Å². The van der Waals surface area contributed by atoms with E-state index in [9.17, 15) is 0 Å². The van der Waals surface area contributed by atoms with E-state index in [1.54, 1.807) is 0 Å². The lowest BCUT2D eigenvalue weighted by molar-refractivity contribution is 0.0792. The lowest BCUT2D eigenvalue weighted by Gasteiger charge is -2.40. The van der Waals surface area contributed by atoms with Gasteiger partial charge in [0.05, 0.1) is 0 Å². The van der Waals surface area contributed by atoms with Crippen LogP contribution in [0, 0.1) is 11.8 Å². The molecule has 0 spiro atoms. The maximum atomic E-state index is 3.44. The first-order valence-electron chi connectivity index (χ1n) is 8.12. The fourth-order valence-corrected chi connectivity index (χ4v) is 2.84. The average Bonchev–Trinajstić information content (AvgIpc) is 2.33. The number of piperazine rings is 1. The SMILES string of the molecule is CC(C)C.CC1CN(C)CCN1CC1CCNCC1. The summed E-state index contributed by atoms with van der Waals surface area (Å²) in [4.78, 5) is 5.14. The first-order chi connectivity index (χ1) is 8.99. The summed E-state index contributed by atoms with van der Waals surface area (Å²) in [7, 11) is 2.23. The van der Waals surface area contributed by atoms with E-state index in [4.69, 9.17) is 0 Å². The van der Waals surface area contributed by atoms with Gasteiger partial charge in [-0.2, -0.15) is 0 Å². The summed E-state index contributed by atoms with van der Waals surface area (Å²) >= 11 is 0. The molecule has 114 valence electrons. The monoisotopic (exact) mass is 269 g/mol. The lowest BCUT2D eigenvalue weighted by atomic mass is 9.96. The van der Waals surface area contributed by atoms with Gasteiger partial charge in [0, 0.05) is 32.2 Å². The highest BCUT2D eigenvalue weighted by molar-refractivity contribution is 4.80. The Balaban J connectivity index is 0.000000399. The Kier molecular flexibility index (Phi) is 7.96. The molecule has 0 aromatic rings. The van der Waals surface area contributed by atoms with Gasteiger partial charge in [0.2, 0.25) is 0 Å². The van der Waals surface area contributed by atoms with Crippen LogP contribution in [0.15, 0.2) is 0 Å². The van der Waals surface area contributed by atoms with Crippen molar-refractivity contribution < 1.29 is 0 Å². The van der Waals surface area contributed by atoms with E-state index >= 15 is 0 Å². The summed E-state index contributed by atoms with van der Waals surface area (Å²) in [6.45, 7) is 16.4. The molecule has 2 aliphatic heterocycles. The molecule has 2 rings (SSSR count). The highest BCUT2D eigenvalue weighted by atomic mass is 15.3. The molecule has 0 aliphatic carbocycles. The number of nitrogens with zero attached hydrogens (tertiary/aromatic N) is 2. The first-order valence-corrected chi connectivity index (χ1v) is 8.12. The third kappa shape index (κ3) is 7.28. The number of hydrogen-bond donors (Lipinski definition) is 1. The summed E-state index contributed by atoms with van der Waals surface area (Å²) in [6, 6.07) is 0.749. The molecule has 0 amide bonds. The van der Waals surface area contributed by atoms with Gasteiger partial charge in [-0.05, 0) is 51.7 Å². The minimum Gasteiger partial charge on any atom is -0.317 e. The van der Waals surface area contributed by atoms with Crippen LogP contribution in [0.3, 0.4) is 0 Å². The molecular formula is C16H35N3. The van der Waals surface area contributed by atoms with Crippen LogP contribution >= 0.6 is 0 Å². The molecule has 2 saturated heterocycles. The van der Waals surface area contributed by atoms with Gasteiger partial charge >= 0.3 is 0 Å². The molecule has 2 heterocycles. The molecule has 3 nitrogen and oxygen atoms in total. The van der Waals surface area contributed by atoms with E-state index in [1.165, 1.54) is 52.1 Å². The number of nitrogens with one attached hydrogen (secondary N) is 1. The van der Waals surface area contributed by atoms with E-state index in [0.29, 0.717) is 0 Å². The fourth-order valence-electron chi connectivity index (χ4n) is 2.84. The van der Waals surface area contributed by atoms with E-state index < -0.39 is 0 Å². The van der Waals surface area contributed by atoms with Crippen LogP contribution in [-0.4, -0.2) is 62.2 Å². The summed E-state index contributed by atoms with van der Waals surface area (Å²) in [5.74, 6) is 1.78. The largest absolute Gasteiger partial charge is 0.317 e. The van der Waals surface area contributed by atoms with Crippen molar-refractivity contribution in [3.05, 3.63) is 0 Å². The second-order valence-corrected chi connectivity index (χ2v) is 7.03. The average molecular weight is 269 g/mol. The molecule has 0 aromatic heterocycles. The van der Waals surface area contributed by atoms with Crippen LogP contribution in [0.4, 0.5) is 0 Å². The normalized spacial score (nSPS) is 27.2. The molecule has 0 saturated carbocycles. The second-order valence-electron chi connectivity index (χ2n) is 7.03. The molecule has 0 aromatic carbocycles. The molecule has 19 heavy (non-hydrogen) atoms. The van der Waals surface area contributed by atoms with Crippen molar-refractivity contribution in [3.8, 4) is 0 Å². The van der Waals surface area contributed by atoms with Crippen LogP contribution in [0.5, 0.6) is 0 Å². The minimum atomic E-state index is 0.749. The van der Waals surface area contributed by atoms with Crippen molar-refractivity contribution >= 4 is 0 Å². The van der Waals surface area contributed by atoms with Crippen LogP contribution in [0.25, 0.3) is 0 Å². The molecule has 2 fully saturated rings. The van der Waals surface area contributed by atoms with Crippen LogP contribution in [-0.2, 0) is 0 Å². The third-order valence-corrected chi connectivity index (χ3v) is 3.92. The molecule has 3 heteroatoms. The van der Waals surface area contributed by atoms with Crippen molar-refractivity contribution in [2.24, 2.45) is 11.8 Å². The molecule has 2 aliphatic rings. The number of piperidine rings is 1. The third-order valence-electron chi connectivity index (χ3n) is 3.92. The summed E-state index contributed by atoms with van der Waals surface area (Å²) in [6.07, 6.45) is 2.75. The fraction of sp³-hybridized carbons (Fsp3) is 1.00. The van der Waals surface area contributed by atoms with Crippen molar-refractivity contribution in [3.63, 3.8) is 0 Å². The Labute approximate surface area is 120 Å². The van der Waals surface area contributed by atoms with Crippen molar-refractivity contribution in [2.75, 3.05) is 46.3 Å². The maximum Gasteiger partial charge on any atom is 0.0195 e. The minimum absolute atomic E-state index is 0.749. The molecule has 1 N–H and O–H groups in total. The van der Waals surface area contributed by atoms with Gasteiger partial charge in [0.25, 0.3) is 0 Å². The number of hydrogen-bond acceptors (Lipinski definition) is 3. The van der Waals surface area contributed by atoms with Crippen LogP contribution < -0.4 is 5.32 Å². The Morgan fingerprint density at radius 1 is 1.11 bits per heavy atom. The Morgan fingerprint density at radius 3 is 2.21 bits per heavy atom. The number of rotatable bonds is 2. The Hall–Kier alpha value is -0.120. The zero-order valence-corrected chi connectivity index (χ0v) is 13.8. The maximum absolute atomic E-state index is 3.44. The van der Waals surface area contributed by atoms with Gasteiger partial charge in [-0.1, -0.05) is 20.8 Å². The Bertz CT molecular complexity index is 221. The van der Waals surface area contributed by atoms with Crippen molar-refractivity contribution in [1.29, 1.82) is 0 Å². The van der Waals surface area contributed by atoms with Gasteiger partial charge in [0.15, 0.2) is 0 Å². The molecule has 0 radical (unpaired) electrons. The molecular weight excluding hydrogens is 234 g/mol. The zero-order chi connectivity index (χ0) is 14.3. The van der Waals surface area contributed by atoms with Gasteiger partial charge < -0.3 is 10.2 Å². The van der Waals surface area contributed by atoms with Gasteiger partial charge in [-0.3, -0.25) is 4.90 Å². The van der Waals surface area contributed by atoms with Crippen molar-refractivity contribution in [2.45, 2.75) is 46.6 Å². The smallest absolute Gasteiger partial charge is 0.0195 e. The topological polar surface area (TPSA) is 18.5 Å². The summed E-state index contributed by atoms with van der Waals surface area (Å²) in [5, 5.41) is 3.44. The second kappa shape index (κ2) is 8.93. The first kappa shape index (κ1) is 16.9. The standard InChI is InChI=1S/C12H25N3.C4H10/c1-11-9-14(2)7-8-15(11)10-12-3-5-13-6-4-12;1-4(2)3/h11-13H,3-10H2,1-2H3;4H,1-3H3. The van der Waals surface area contributed by atoms with E-state index in [-0.39, 0.29) is 0 Å². The quantitative estimate of drug-likeness (QED) is 0.830. The van der Waals surface area contributed by atoms with Gasteiger partial charge in [-0.15, -0.1) is 0 Å². The highest BCUT2D eigenvalue weighted by Crippen LogP contribution is 2.17. The van der Waals surface area contributed by atoms with E-state index in [1.807, 2.05) is 0 Å². The highest BCUT2D eigenvalue weighted by Gasteiger charge is 2.24.